The number of nitrogens with zero attached hydrogens (tertiary/aromatic N) is 2. The lowest BCUT2D eigenvalue weighted by molar-refractivity contribution is 0.0685. The molecule has 0 radical (unpaired) electrons. The van der Waals surface area contributed by atoms with Crippen LogP contribution in [0.2, 0.25) is 0 Å². The van der Waals surface area contributed by atoms with Crippen LogP contribution in [0.5, 0.6) is 0 Å². The van der Waals surface area contributed by atoms with Crippen molar-refractivity contribution in [1.82, 2.24) is 10.1 Å². The molecule has 0 saturated carbocycles. The van der Waals surface area contributed by atoms with Crippen molar-refractivity contribution in [2.75, 3.05) is 13.1 Å². The van der Waals surface area contributed by atoms with Crippen molar-refractivity contribution < 1.29 is 14.4 Å². The SMILES string of the molecule is CC1(C)CCN(Cc2cc(C(=O)O)no2)CC1. The van der Waals surface area contributed by atoms with Gasteiger partial charge in [-0.3, -0.25) is 4.90 Å². The molecule has 0 spiro atoms. The summed E-state index contributed by atoms with van der Waals surface area (Å²) < 4.78 is 5.01. The Kier molecular flexibility index (Phi) is 3.19. The molecule has 0 unspecified atom stereocenters. The van der Waals surface area contributed by atoms with Gasteiger partial charge >= 0.3 is 5.97 Å². The molecule has 1 aromatic rings. The maximum Gasteiger partial charge on any atom is 0.358 e. The van der Waals surface area contributed by atoms with E-state index in [1.54, 1.807) is 0 Å². The quantitative estimate of drug-likeness (QED) is 0.872. The van der Waals surface area contributed by atoms with Crippen molar-refractivity contribution in [2.45, 2.75) is 33.2 Å². The summed E-state index contributed by atoms with van der Waals surface area (Å²) in [5, 5.41) is 12.2. The number of carboxylic acids is 1. The molecule has 0 aliphatic carbocycles. The third-order valence-electron chi connectivity index (χ3n) is 3.37. The predicted molar refractivity (Wildman–Crippen MR) is 61.8 cm³/mol. The van der Waals surface area contributed by atoms with Crippen molar-refractivity contribution in [3.8, 4) is 0 Å². The van der Waals surface area contributed by atoms with Crippen molar-refractivity contribution in [3.05, 3.63) is 17.5 Å². The summed E-state index contributed by atoms with van der Waals surface area (Å²) in [4.78, 5) is 12.9. The van der Waals surface area contributed by atoms with Crippen molar-refractivity contribution in [1.29, 1.82) is 0 Å². The van der Waals surface area contributed by atoms with Crippen molar-refractivity contribution in [2.24, 2.45) is 5.41 Å². The number of likely N-dealkylation sites (tertiary alicyclic amines) is 1. The second-order valence-electron chi connectivity index (χ2n) is 5.42. The fourth-order valence-corrected chi connectivity index (χ4v) is 2.03. The van der Waals surface area contributed by atoms with Crippen LogP contribution in [0.25, 0.3) is 0 Å². The molecule has 0 atom stereocenters. The maximum atomic E-state index is 10.7. The number of carbonyl (C=O) groups is 1. The summed E-state index contributed by atoms with van der Waals surface area (Å²) in [5.41, 5.74) is 0.404. The molecule has 0 bridgehead atoms. The van der Waals surface area contributed by atoms with Crippen LogP contribution < -0.4 is 0 Å². The minimum atomic E-state index is -1.04. The fraction of sp³-hybridized carbons (Fsp3) is 0.667. The molecule has 1 aliphatic rings. The maximum absolute atomic E-state index is 10.7. The van der Waals surface area contributed by atoms with E-state index in [1.165, 1.54) is 6.07 Å². The average molecular weight is 238 g/mol. The van der Waals surface area contributed by atoms with Gasteiger partial charge in [0, 0.05) is 6.07 Å². The summed E-state index contributed by atoms with van der Waals surface area (Å²) in [6.45, 7) is 7.26. The normalized spacial score (nSPS) is 20.4. The van der Waals surface area contributed by atoms with Crippen molar-refractivity contribution >= 4 is 5.97 Å². The smallest absolute Gasteiger partial charge is 0.358 e. The molecule has 1 N–H and O–H groups in total. The molecule has 1 fully saturated rings. The first-order valence-electron chi connectivity index (χ1n) is 5.87. The summed E-state index contributed by atoms with van der Waals surface area (Å²) in [6.07, 6.45) is 2.32. The molecule has 94 valence electrons. The van der Waals surface area contributed by atoms with Crippen LogP contribution in [0, 0.1) is 5.41 Å². The van der Waals surface area contributed by atoms with Gasteiger partial charge in [0.1, 0.15) is 0 Å². The van der Waals surface area contributed by atoms with Crippen LogP contribution in [0.4, 0.5) is 0 Å². The van der Waals surface area contributed by atoms with E-state index >= 15 is 0 Å². The van der Waals surface area contributed by atoms with Crippen LogP contribution in [0.1, 0.15) is 42.9 Å². The summed E-state index contributed by atoms with van der Waals surface area (Å²) in [5.74, 6) is -0.415. The van der Waals surface area contributed by atoms with Gasteiger partial charge in [0.25, 0.3) is 0 Å². The number of hydrogen-bond donors (Lipinski definition) is 1. The Bertz CT molecular complexity index is 402. The first-order chi connectivity index (χ1) is 7.96. The van der Waals surface area contributed by atoms with E-state index in [0.29, 0.717) is 17.7 Å². The van der Waals surface area contributed by atoms with Gasteiger partial charge in [0.2, 0.25) is 0 Å². The van der Waals surface area contributed by atoms with E-state index in [0.717, 1.165) is 25.9 Å². The van der Waals surface area contributed by atoms with Crippen molar-refractivity contribution in [3.63, 3.8) is 0 Å². The van der Waals surface area contributed by atoms with Gasteiger partial charge in [-0.15, -0.1) is 0 Å². The highest BCUT2D eigenvalue weighted by molar-refractivity contribution is 5.85. The second kappa shape index (κ2) is 4.49. The van der Waals surface area contributed by atoms with Crippen LogP contribution in [0.15, 0.2) is 10.6 Å². The lowest BCUT2D eigenvalue weighted by Crippen LogP contribution is -2.36. The third-order valence-corrected chi connectivity index (χ3v) is 3.37. The molecule has 0 aromatic carbocycles. The molecule has 0 amide bonds. The standard InChI is InChI=1S/C12H18N2O3/c1-12(2)3-5-14(6-4-12)8-9-7-10(11(15)16)13-17-9/h7H,3-6,8H2,1-2H3,(H,15,16). The highest BCUT2D eigenvalue weighted by atomic mass is 16.5. The van der Waals surface area contributed by atoms with Gasteiger partial charge in [-0.1, -0.05) is 19.0 Å². The molecule has 17 heavy (non-hydrogen) atoms. The molecule has 1 aliphatic heterocycles. The number of aromatic carboxylic acids is 1. The highest BCUT2D eigenvalue weighted by Crippen LogP contribution is 2.30. The Morgan fingerprint density at radius 3 is 2.71 bits per heavy atom. The Labute approximate surface area is 100 Å². The minimum Gasteiger partial charge on any atom is -0.476 e. The minimum absolute atomic E-state index is 0.0164. The first kappa shape index (κ1) is 12.1. The van der Waals surface area contributed by atoms with Gasteiger partial charge in [-0.05, 0) is 31.3 Å². The van der Waals surface area contributed by atoms with Gasteiger partial charge in [0.15, 0.2) is 11.5 Å². The molecule has 1 aromatic heterocycles. The zero-order chi connectivity index (χ0) is 12.5. The molecule has 5 nitrogen and oxygen atoms in total. The summed E-state index contributed by atoms with van der Waals surface area (Å²) >= 11 is 0. The van der Waals surface area contributed by atoms with E-state index in [2.05, 4.69) is 23.9 Å². The average Bonchev–Trinajstić information content (AvgIpc) is 2.70. The molecule has 2 heterocycles. The fourth-order valence-electron chi connectivity index (χ4n) is 2.03. The third kappa shape index (κ3) is 3.06. The van der Waals surface area contributed by atoms with Gasteiger partial charge in [0.05, 0.1) is 6.54 Å². The first-order valence-corrected chi connectivity index (χ1v) is 5.87. The Hall–Kier alpha value is -1.36. The monoisotopic (exact) mass is 238 g/mol. The topological polar surface area (TPSA) is 66.6 Å². The largest absolute Gasteiger partial charge is 0.476 e. The number of carboxylic acid groups (broad SMARTS) is 1. The Balaban J connectivity index is 1.91. The predicted octanol–water partition coefficient (Wildman–Crippen LogP) is 1.99. The highest BCUT2D eigenvalue weighted by Gasteiger charge is 2.26. The Morgan fingerprint density at radius 2 is 2.18 bits per heavy atom. The zero-order valence-electron chi connectivity index (χ0n) is 10.3. The molecule has 2 rings (SSSR count). The van der Waals surface area contributed by atoms with Crippen LogP contribution in [0.3, 0.4) is 0 Å². The number of rotatable bonds is 3. The van der Waals surface area contributed by atoms with Gasteiger partial charge < -0.3 is 9.63 Å². The Morgan fingerprint density at radius 1 is 1.53 bits per heavy atom. The van der Waals surface area contributed by atoms with Gasteiger partial charge in [-0.2, -0.15) is 0 Å². The second-order valence-corrected chi connectivity index (χ2v) is 5.42. The number of hydrogen-bond acceptors (Lipinski definition) is 4. The van der Waals surface area contributed by atoms with Crippen LogP contribution in [-0.2, 0) is 6.54 Å². The summed E-state index contributed by atoms with van der Waals surface area (Å²) in [6, 6.07) is 1.50. The van der Waals surface area contributed by atoms with Gasteiger partial charge in [-0.25, -0.2) is 4.79 Å². The van der Waals surface area contributed by atoms with E-state index in [9.17, 15) is 4.79 Å². The number of piperidine rings is 1. The van der Waals surface area contributed by atoms with E-state index < -0.39 is 5.97 Å². The molecular formula is C12H18N2O3. The zero-order valence-corrected chi connectivity index (χ0v) is 10.3. The van der Waals surface area contributed by atoms with E-state index in [-0.39, 0.29) is 5.69 Å². The number of aromatic nitrogens is 1. The lowest BCUT2D eigenvalue weighted by atomic mass is 9.83. The molecule has 1 saturated heterocycles. The summed E-state index contributed by atoms with van der Waals surface area (Å²) in [7, 11) is 0. The molecule has 5 heteroatoms. The van der Waals surface area contributed by atoms with E-state index in [1.807, 2.05) is 0 Å². The van der Waals surface area contributed by atoms with Crippen LogP contribution in [-0.4, -0.2) is 34.2 Å². The van der Waals surface area contributed by atoms with Crippen LogP contribution >= 0.6 is 0 Å². The van der Waals surface area contributed by atoms with E-state index in [4.69, 9.17) is 9.63 Å². The molecular weight excluding hydrogens is 220 g/mol. The lowest BCUT2D eigenvalue weighted by Gasteiger charge is -2.36.